The molecule has 0 unspecified atom stereocenters. The van der Waals surface area contributed by atoms with Crippen molar-refractivity contribution in [2.75, 3.05) is 6.61 Å². The van der Waals surface area contributed by atoms with Crippen molar-refractivity contribution >= 4 is 0 Å². The lowest BCUT2D eigenvalue weighted by molar-refractivity contribution is -0.0630. The Morgan fingerprint density at radius 2 is 0.793 bits per heavy atom. The zero-order valence-electron chi connectivity index (χ0n) is 20.0. The first-order valence-corrected chi connectivity index (χ1v) is 13.3. The minimum absolute atomic E-state index is 0.667. The van der Waals surface area contributed by atoms with Gasteiger partial charge in [0.2, 0.25) is 0 Å². The molecule has 1 heterocycles. The monoisotopic (exact) mass is 412 g/mol. The van der Waals surface area contributed by atoms with Crippen molar-refractivity contribution < 1.29 is 14.5 Å². The molecule has 0 radical (unpaired) electrons. The van der Waals surface area contributed by atoms with E-state index in [2.05, 4.69) is 13.8 Å². The van der Waals surface area contributed by atoms with Gasteiger partial charge in [-0.15, -0.1) is 0 Å². The molecule has 174 valence electrons. The first kappa shape index (κ1) is 26.9. The van der Waals surface area contributed by atoms with Crippen LogP contribution in [0.2, 0.25) is 0 Å². The molecule has 1 aliphatic heterocycles. The van der Waals surface area contributed by atoms with Crippen molar-refractivity contribution in [3.8, 4) is 0 Å². The summed E-state index contributed by atoms with van der Waals surface area (Å²) in [6.07, 6.45) is 29.5. The SMILES string of the molecule is CCCCCCCCCCCCCCCCCC1(OCCCCCCCC)OO1. The van der Waals surface area contributed by atoms with Crippen molar-refractivity contribution in [3.63, 3.8) is 0 Å². The average molecular weight is 413 g/mol. The van der Waals surface area contributed by atoms with Gasteiger partial charge in [-0.1, -0.05) is 136 Å². The lowest BCUT2D eigenvalue weighted by atomic mass is 10.0. The molecule has 1 aliphatic rings. The Labute approximate surface area is 182 Å². The maximum Gasteiger partial charge on any atom is 0.340 e. The van der Waals surface area contributed by atoms with E-state index in [-0.39, 0.29) is 0 Å². The molecule has 0 N–H and O–H groups in total. The minimum atomic E-state index is -0.667. The van der Waals surface area contributed by atoms with E-state index in [0.717, 1.165) is 25.9 Å². The van der Waals surface area contributed by atoms with Crippen LogP contribution in [0.25, 0.3) is 0 Å². The van der Waals surface area contributed by atoms with Crippen molar-refractivity contribution in [1.29, 1.82) is 0 Å². The Kier molecular flexibility index (Phi) is 18.4. The number of hydrogen-bond acceptors (Lipinski definition) is 3. The number of hydrogen-bond donors (Lipinski definition) is 0. The highest BCUT2D eigenvalue weighted by molar-refractivity contribution is 4.62. The molecule has 0 bridgehead atoms. The van der Waals surface area contributed by atoms with Gasteiger partial charge in [-0.25, -0.2) is 0 Å². The van der Waals surface area contributed by atoms with Gasteiger partial charge in [0.1, 0.15) is 0 Å². The Balaban J connectivity index is 1.75. The summed E-state index contributed by atoms with van der Waals surface area (Å²) < 4.78 is 5.82. The highest BCUT2D eigenvalue weighted by Gasteiger charge is 2.49. The Hall–Kier alpha value is -0.120. The number of unbranched alkanes of at least 4 members (excludes halogenated alkanes) is 19. The topological polar surface area (TPSA) is 34.3 Å². The van der Waals surface area contributed by atoms with Crippen LogP contribution in [0.4, 0.5) is 0 Å². The third-order valence-electron chi connectivity index (χ3n) is 6.18. The molecule has 3 nitrogen and oxygen atoms in total. The number of ether oxygens (including phenoxy) is 1. The van der Waals surface area contributed by atoms with E-state index < -0.39 is 5.97 Å². The van der Waals surface area contributed by atoms with Gasteiger partial charge < -0.3 is 4.74 Å². The maximum absolute atomic E-state index is 5.82. The van der Waals surface area contributed by atoms with E-state index in [9.17, 15) is 0 Å². The van der Waals surface area contributed by atoms with Crippen molar-refractivity contribution in [3.05, 3.63) is 0 Å². The highest BCUT2D eigenvalue weighted by Crippen LogP contribution is 2.36. The van der Waals surface area contributed by atoms with E-state index in [1.54, 1.807) is 0 Å². The smallest absolute Gasteiger partial charge is 0.324 e. The molecule has 0 aromatic carbocycles. The standard InChI is InChI=1S/C26H52O3/c1-3-5-7-9-11-12-13-14-15-16-17-18-19-20-22-24-26(28-29-26)27-25-23-21-10-8-6-4-2/h3-25H2,1-2H3. The summed E-state index contributed by atoms with van der Waals surface area (Å²) in [7, 11) is 0. The molecule has 0 saturated carbocycles. The largest absolute Gasteiger partial charge is 0.340 e. The molecule has 0 amide bonds. The normalized spacial score (nSPS) is 15.1. The highest BCUT2D eigenvalue weighted by atomic mass is 17.4. The van der Waals surface area contributed by atoms with Crippen LogP contribution in [0, 0.1) is 0 Å². The Morgan fingerprint density at radius 1 is 0.448 bits per heavy atom. The molecule has 0 aromatic heterocycles. The second-order valence-electron chi connectivity index (χ2n) is 9.17. The molecule has 1 fully saturated rings. The first-order valence-electron chi connectivity index (χ1n) is 13.3. The van der Waals surface area contributed by atoms with E-state index in [1.165, 1.54) is 122 Å². The van der Waals surface area contributed by atoms with Gasteiger partial charge in [-0.05, 0) is 12.8 Å². The zero-order valence-corrected chi connectivity index (χ0v) is 20.0. The zero-order chi connectivity index (χ0) is 20.9. The van der Waals surface area contributed by atoms with Crippen LogP contribution >= 0.6 is 0 Å². The van der Waals surface area contributed by atoms with Crippen LogP contribution in [0.15, 0.2) is 0 Å². The fraction of sp³-hybridized carbons (Fsp3) is 1.00. The maximum atomic E-state index is 5.82. The lowest BCUT2D eigenvalue weighted by Crippen LogP contribution is -2.16. The lowest BCUT2D eigenvalue weighted by Gasteiger charge is -2.09. The fourth-order valence-electron chi connectivity index (χ4n) is 4.07. The van der Waals surface area contributed by atoms with Gasteiger partial charge in [-0.3, -0.25) is 0 Å². The molecule has 0 aromatic rings. The van der Waals surface area contributed by atoms with E-state index in [4.69, 9.17) is 14.5 Å². The molecule has 3 heteroatoms. The van der Waals surface area contributed by atoms with E-state index in [0.29, 0.717) is 0 Å². The van der Waals surface area contributed by atoms with Crippen molar-refractivity contribution in [1.82, 2.24) is 0 Å². The first-order chi connectivity index (χ1) is 14.3. The fourth-order valence-corrected chi connectivity index (χ4v) is 4.07. The third kappa shape index (κ3) is 17.3. The summed E-state index contributed by atoms with van der Waals surface area (Å²) >= 11 is 0. The summed E-state index contributed by atoms with van der Waals surface area (Å²) in [6.45, 7) is 5.32. The van der Waals surface area contributed by atoms with Crippen molar-refractivity contribution in [2.24, 2.45) is 0 Å². The molecular formula is C26H52O3. The predicted molar refractivity (Wildman–Crippen MR) is 124 cm³/mol. The summed E-state index contributed by atoms with van der Waals surface area (Å²) in [6, 6.07) is 0. The average Bonchev–Trinajstić information content (AvgIpc) is 3.50. The van der Waals surface area contributed by atoms with Gasteiger partial charge in [0, 0.05) is 6.42 Å². The van der Waals surface area contributed by atoms with Crippen LogP contribution in [0.3, 0.4) is 0 Å². The third-order valence-corrected chi connectivity index (χ3v) is 6.18. The quantitative estimate of drug-likeness (QED) is 0.0899. The molecule has 0 spiro atoms. The van der Waals surface area contributed by atoms with Gasteiger partial charge in [0.05, 0.1) is 6.61 Å². The molecule has 0 aliphatic carbocycles. The van der Waals surface area contributed by atoms with Gasteiger partial charge in [-0.2, -0.15) is 9.78 Å². The second-order valence-corrected chi connectivity index (χ2v) is 9.17. The minimum Gasteiger partial charge on any atom is -0.324 e. The van der Waals surface area contributed by atoms with Crippen LogP contribution in [0.5, 0.6) is 0 Å². The van der Waals surface area contributed by atoms with E-state index in [1.807, 2.05) is 0 Å². The molecule has 0 atom stereocenters. The van der Waals surface area contributed by atoms with Crippen LogP contribution in [-0.2, 0) is 14.5 Å². The predicted octanol–water partition coefficient (Wildman–Crippen LogP) is 9.24. The molecule has 29 heavy (non-hydrogen) atoms. The van der Waals surface area contributed by atoms with Gasteiger partial charge in [0.15, 0.2) is 0 Å². The van der Waals surface area contributed by atoms with E-state index >= 15 is 0 Å². The van der Waals surface area contributed by atoms with Gasteiger partial charge >= 0.3 is 5.97 Å². The Morgan fingerprint density at radius 3 is 1.17 bits per heavy atom. The molecule has 1 saturated heterocycles. The van der Waals surface area contributed by atoms with Crippen molar-refractivity contribution in [2.45, 2.75) is 161 Å². The van der Waals surface area contributed by atoms with Crippen LogP contribution in [-0.4, -0.2) is 12.6 Å². The summed E-state index contributed by atoms with van der Waals surface area (Å²) in [4.78, 5) is 10.3. The summed E-state index contributed by atoms with van der Waals surface area (Å²) in [5.74, 6) is -0.667. The van der Waals surface area contributed by atoms with Gasteiger partial charge in [0.25, 0.3) is 0 Å². The summed E-state index contributed by atoms with van der Waals surface area (Å²) in [5.41, 5.74) is 0. The summed E-state index contributed by atoms with van der Waals surface area (Å²) in [5, 5.41) is 0. The van der Waals surface area contributed by atoms with Crippen LogP contribution in [0.1, 0.15) is 155 Å². The molecule has 1 rings (SSSR count). The Bertz CT molecular complexity index is 328. The van der Waals surface area contributed by atoms with Crippen LogP contribution < -0.4 is 0 Å². The number of rotatable bonds is 24. The second kappa shape index (κ2) is 19.8. The molecular weight excluding hydrogens is 360 g/mol.